The van der Waals surface area contributed by atoms with Crippen molar-refractivity contribution >= 4 is 23.3 Å². The van der Waals surface area contributed by atoms with E-state index in [1.165, 1.54) is 37.1 Å². The predicted octanol–water partition coefficient (Wildman–Crippen LogP) is 4.03. The van der Waals surface area contributed by atoms with E-state index in [2.05, 4.69) is 29.5 Å². The molecule has 0 aromatic heterocycles. The van der Waals surface area contributed by atoms with Crippen molar-refractivity contribution in [1.29, 1.82) is 0 Å². The molecule has 9 heteroatoms. The van der Waals surface area contributed by atoms with Crippen molar-refractivity contribution < 1.29 is 23.8 Å². The van der Waals surface area contributed by atoms with E-state index in [9.17, 15) is 19.1 Å². The van der Waals surface area contributed by atoms with Gasteiger partial charge in [-0.3, -0.25) is 4.79 Å². The van der Waals surface area contributed by atoms with Gasteiger partial charge >= 0.3 is 6.03 Å². The van der Waals surface area contributed by atoms with Gasteiger partial charge in [0.05, 0.1) is 18.2 Å². The number of urea groups is 1. The fourth-order valence-corrected chi connectivity index (χ4v) is 4.47. The summed E-state index contributed by atoms with van der Waals surface area (Å²) in [5.74, 6) is 0.612. The largest absolute Gasteiger partial charge is 0.488 e. The molecular weight excluding hydrogens is 463 g/mol. The second-order valence-electron chi connectivity index (χ2n) is 10.1. The van der Waals surface area contributed by atoms with E-state index in [0.29, 0.717) is 29.2 Å². The highest BCUT2D eigenvalue weighted by atomic mass is 19.1. The number of aliphatic hydroxyl groups is 1. The van der Waals surface area contributed by atoms with Gasteiger partial charge in [-0.05, 0) is 75.2 Å². The van der Waals surface area contributed by atoms with E-state index in [4.69, 9.17) is 4.74 Å². The fourth-order valence-electron chi connectivity index (χ4n) is 4.47. The molecule has 36 heavy (non-hydrogen) atoms. The minimum Gasteiger partial charge on any atom is -0.488 e. The van der Waals surface area contributed by atoms with Crippen molar-refractivity contribution in [2.75, 3.05) is 43.9 Å². The zero-order chi connectivity index (χ0) is 25.8. The number of aliphatic hydroxyl groups excluding tert-OH is 1. The van der Waals surface area contributed by atoms with Gasteiger partial charge in [0, 0.05) is 36.9 Å². The van der Waals surface area contributed by atoms with Gasteiger partial charge in [-0.25, -0.2) is 9.18 Å². The highest BCUT2D eigenvalue weighted by Gasteiger charge is 2.34. The number of fused-ring (bicyclic) bond motifs is 1. The Bertz CT molecular complexity index is 1080. The summed E-state index contributed by atoms with van der Waals surface area (Å²) in [6.45, 7) is 5.94. The average Bonchev–Trinajstić information content (AvgIpc) is 3.66. The number of carbonyl (C=O) groups excluding carboxylic acids is 2. The molecule has 0 unspecified atom stereocenters. The van der Waals surface area contributed by atoms with Gasteiger partial charge in [0.15, 0.2) is 0 Å². The van der Waals surface area contributed by atoms with Gasteiger partial charge < -0.3 is 30.3 Å². The molecule has 0 saturated heterocycles. The zero-order valence-electron chi connectivity index (χ0n) is 21.0. The third-order valence-corrected chi connectivity index (χ3v) is 6.78. The molecule has 4 rings (SSSR count). The molecule has 3 atom stereocenters. The Labute approximate surface area is 211 Å². The van der Waals surface area contributed by atoms with Gasteiger partial charge in [0.25, 0.3) is 5.91 Å². The molecule has 1 saturated carbocycles. The summed E-state index contributed by atoms with van der Waals surface area (Å²) in [6.07, 6.45) is 2.40. The maximum atomic E-state index is 13.5. The van der Waals surface area contributed by atoms with Crippen molar-refractivity contribution in [3.8, 4) is 5.75 Å². The topological polar surface area (TPSA) is 94.1 Å². The number of hydrogen-bond donors (Lipinski definition) is 3. The number of ether oxygens (including phenoxy) is 1. The van der Waals surface area contributed by atoms with Crippen molar-refractivity contribution in [2.24, 2.45) is 11.8 Å². The molecule has 2 aromatic carbocycles. The normalized spacial score (nSPS) is 20.7. The summed E-state index contributed by atoms with van der Waals surface area (Å²) < 4.78 is 19.5. The molecule has 2 aliphatic rings. The number of halogens is 1. The minimum absolute atomic E-state index is 0.0528. The Balaban J connectivity index is 1.55. The molecular formula is C27H35FN4O4. The quantitative estimate of drug-likeness (QED) is 0.511. The molecule has 1 aliphatic carbocycles. The summed E-state index contributed by atoms with van der Waals surface area (Å²) in [6, 6.07) is 9.54. The Kier molecular flexibility index (Phi) is 8.11. The standard InChI is InChI=1S/C27H35FN4O4/c1-17-13-32(18(2)16-33)26(34)23-12-22(30-27(35)29-21-8-6-20(28)7-9-21)10-11-24(23)36-25(17)15-31(3)14-19-4-5-19/h6-12,17-19,25,33H,4-5,13-16H2,1-3H3,(H2,29,30,35)/t17-,18+,25-/m1/s1. The maximum Gasteiger partial charge on any atom is 0.323 e. The summed E-state index contributed by atoms with van der Waals surface area (Å²) in [5, 5.41) is 15.2. The lowest BCUT2D eigenvalue weighted by molar-refractivity contribution is 0.0344. The number of nitrogens with zero attached hydrogens (tertiary/aromatic N) is 2. The lowest BCUT2D eigenvalue weighted by atomic mass is 9.99. The summed E-state index contributed by atoms with van der Waals surface area (Å²) in [5.41, 5.74) is 1.18. The van der Waals surface area contributed by atoms with Crippen LogP contribution in [0.15, 0.2) is 42.5 Å². The second-order valence-corrected chi connectivity index (χ2v) is 10.1. The molecule has 0 spiro atoms. The lowest BCUT2D eigenvalue weighted by Crippen LogP contribution is -2.50. The number of carbonyl (C=O) groups is 2. The van der Waals surface area contributed by atoms with E-state index in [1.54, 1.807) is 23.1 Å². The molecule has 1 heterocycles. The van der Waals surface area contributed by atoms with Crippen LogP contribution in [0.25, 0.3) is 0 Å². The third kappa shape index (κ3) is 6.53. The van der Waals surface area contributed by atoms with Crippen molar-refractivity contribution in [3.63, 3.8) is 0 Å². The third-order valence-electron chi connectivity index (χ3n) is 6.78. The molecule has 194 valence electrons. The van der Waals surface area contributed by atoms with Crippen molar-refractivity contribution in [2.45, 2.75) is 38.8 Å². The van der Waals surface area contributed by atoms with Crippen LogP contribution in [0.2, 0.25) is 0 Å². The SMILES string of the molecule is C[C@@H]1CN([C@@H](C)CO)C(=O)c2cc(NC(=O)Nc3ccc(F)cc3)ccc2O[C@@H]1CN(C)CC1CC1. The predicted molar refractivity (Wildman–Crippen MR) is 137 cm³/mol. The van der Waals surface area contributed by atoms with Gasteiger partial charge in [-0.15, -0.1) is 0 Å². The van der Waals surface area contributed by atoms with Crippen LogP contribution in [0.5, 0.6) is 5.75 Å². The van der Waals surface area contributed by atoms with E-state index in [-0.39, 0.29) is 30.6 Å². The highest BCUT2D eigenvalue weighted by molar-refractivity contribution is 6.02. The lowest BCUT2D eigenvalue weighted by Gasteiger charge is -2.38. The molecule has 3 N–H and O–H groups in total. The second kappa shape index (κ2) is 11.3. The highest BCUT2D eigenvalue weighted by Crippen LogP contribution is 2.32. The zero-order valence-corrected chi connectivity index (χ0v) is 21.0. The van der Waals surface area contributed by atoms with E-state index >= 15 is 0 Å². The molecule has 0 radical (unpaired) electrons. The monoisotopic (exact) mass is 498 g/mol. The summed E-state index contributed by atoms with van der Waals surface area (Å²) >= 11 is 0. The molecule has 1 fully saturated rings. The Morgan fingerprint density at radius 1 is 1.17 bits per heavy atom. The number of amides is 3. The first-order valence-electron chi connectivity index (χ1n) is 12.5. The smallest absolute Gasteiger partial charge is 0.323 e. The molecule has 8 nitrogen and oxygen atoms in total. The number of nitrogens with one attached hydrogen (secondary N) is 2. The number of hydrogen-bond acceptors (Lipinski definition) is 5. The van der Waals surface area contributed by atoms with Crippen molar-refractivity contribution in [3.05, 3.63) is 53.8 Å². The first-order chi connectivity index (χ1) is 17.2. The van der Waals surface area contributed by atoms with E-state index in [1.807, 2.05) is 6.92 Å². The number of benzene rings is 2. The Hall–Kier alpha value is -3.17. The molecule has 2 aromatic rings. The first-order valence-corrected chi connectivity index (χ1v) is 12.5. The van der Waals surface area contributed by atoms with Crippen LogP contribution < -0.4 is 15.4 Å². The first kappa shape index (κ1) is 25.9. The van der Waals surface area contributed by atoms with Gasteiger partial charge in [-0.1, -0.05) is 6.92 Å². The molecule has 0 bridgehead atoms. The number of rotatable bonds is 8. The average molecular weight is 499 g/mol. The Morgan fingerprint density at radius 2 is 1.83 bits per heavy atom. The minimum atomic E-state index is -0.519. The van der Waals surface area contributed by atoms with Crippen LogP contribution >= 0.6 is 0 Å². The van der Waals surface area contributed by atoms with Crippen LogP contribution in [0.4, 0.5) is 20.6 Å². The summed E-state index contributed by atoms with van der Waals surface area (Å²) in [7, 11) is 2.10. The molecule has 1 aliphatic heterocycles. The van der Waals surface area contributed by atoms with Crippen LogP contribution in [-0.2, 0) is 0 Å². The van der Waals surface area contributed by atoms with Crippen LogP contribution in [0, 0.1) is 17.7 Å². The van der Waals surface area contributed by atoms with Crippen LogP contribution in [0.1, 0.15) is 37.0 Å². The van der Waals surface area contributed by atoms with Crippen molar-refractivity contribution in [1.82, 2.24) is 9.80 Å². The maximum absolute atomic E-state index is 13.5. The van der Waals surface area contributed by atoms with Gasteiger partial charge in [-0.2, -0.15) is 0 Å². The Morgan fingerprint density at radius 3 is 2.50 bits per heavy atom. The summed E-state index contributed by atoms with van der Waals surface area (Å²) in [4.78, 5) is 30.0. The van der Waals surface area contributed by atoms with Crippen LogP contribution in [-0.4, -0.2) is 72.3 Å². The number of likely N-dealkylation sites (N-methyl/N-ethyl adjacent to an activating group) is 1. The van der Waals surface area contributed by atoms with Crippen LogP contribution in [0.3, 0.4) is 0 Å². The van der Waals surface area contributed by atoms with E-state index < -0.39 is 11.8 Å². The van der Waals surface area contributed by atoms with E-state index in [0.717, 1.165) is 19.0 Å². The fraction of sp³-hybridized carbons (Fsp3) is 0.481. The molecule has 3 amide bonds. The van der Waals surface area contributed by atoms with Gasteiger partial charge in [0.2, 0.25) is 0 Å². The number of anilines is 2. The van der Waals surface area contributed by atoms with Gasteiger partial charge in [0.1, 0.15) is 17.7 Å².